The Labute approximate surface area is 70.6 Å². The molecule has 0 amide bonds. The van der Waals surface area contributed by atoms with Gasteiger partial charge in [0.2, 0.25) is 0 Å². The maximum absolute atomic E-state index is 9.50. The first-order valence-electron chi connectivity index (χ1n) is 4.33. The second-order valence-corrected chi connectivity index (χ2v) is 1.77. The minimum Gasteiger partial charge on any atom is -0.400 e. The van der Waals surface area contributed by atoms with Crippen molar-refractivity contribution in [1.82, 2.24) is 0 Å². The monoisotopic (exact) mass is 166 g/mol. The fraction of sp³-hybridized carbons (Fsp3) is 1.00. The first kappa shape index (κ1) is 17.1. The lowest BCUT2D eigenvalue weighted by Gasteiger charge is -1.67. The summed E-state index contributed by atoms with van der Waals surface area (Å²) in [4.78, 5) is 0. The quantitative estimate of drug-likeness (QED) is 0.586. The van der Waals surface area contributed by atoms with Crippen molar-refractivity contribution in [1.29, 1.82) is 0 Å². The molecular weight excluding hydrogens is 143 g/mol. The lowest BCUT2D eigenvalue weighted by atomic mass is 10.4. The molecule has 72 valence electrons. The molecule has 1 rings (SSSR count). The molecule has 0 radical (unpaired) electrons. The molecule has 0 heterocycles. The average Bonchev–Trinajstić information content (AvgIpc) is 2.71. The third kappa shape index (κ3) is 25.7. The van der Waals surface area contributed by atoms with E-state index in [1.807, 2.05) is 13.8 Å². The molecule has 2 heteroatoms. The van der Waals surface area contributed by atoms with Crippen molar-refractivity contribution in [2.45, 2.75) is 46.0 Å². The van der Waals surface area contributed by atoms with Gasteiger partial charge in [0.1, 0.15) is 0 Å². The van der Waals surface area contributed by atoms with Gasteiger partial charge in [-0.1, -0.05) is 46.0 Å². The minimum atomic E-state index is 0.500. The predicted octanol–water partition coefficient (Wildman–Crippen LogP) is 3.17. The number of alkyl halides is 1. The Morgan fingerprint density at radius 2 is 0.818 bits per heavy atom. The van der Waals surface area contributed by atoms with Crippen LogP contribution in [0.2, 0.25) is 0 Å². The van der Waals surface area contributed by atoms with Crippen LogP contribution in [0.5, 0.6) is 0 Å². The summed E-state index contributed by atoms with van der Waals surface area (Å²) in [7, 11) is 1.50. The van der Waals surface area contributed by atoms with Crippen LogP contribution in [0.25, 0.3) is 0 Å². The normalized spacial score (nSPS) is 12.5. The van der Waals surface area contributed by atoms with E-state index in [0.29, 0.717) is 7.18 Å². The van der Waals surface area contributed by atoms with Crippen LogP contribution < -0.4 is 0 Å². The van der Waals surface area contributed by atoms with Crippen LogP contribution in [0.1, 0.15) is 46.0 Å². The van der Waals surface area contributed by atoms with Crippen molar-refractivity contribution >= 4 is 0 Å². The molecular formula is C9H23FO. The first-order chi connectivity index (χ1) is 5.50. The van der Waals surface area contributed by atoms with Gasteiger partial charge < -0.3 is 5.11 Å². The van der Waals surface area contributed by atoms with Crippen LogP contribution in [0.15, 0.2) is 0 Å². The summed E-state index contributed by atoms with van der Waals surface area (Å²) in [6.45, 7) is 4.00. The van der Waals surface area contributed by atoms with E-state index in [2.05, 4.69) is 0 Å². The summed E-state index contributed by atoms with van der Waals surface area (Å²) in [5.74, 6) is 0. The number of aliphatic hydroxyl groups is 1. The summed E-state index contributed by atoms with van der Waals surface area (Å²) in [6, 6.07) is 0. The van der Waals surface area contributed by atoms with Crippen LogP contribution in [0, 0.1) is 0 Å². The zero-order valence-corrected chi connectivity index (χ0v) is 8.36. The lowest BCUT2D eigenvalue weighted by Crippen LogP contribution is -1.47. The molecule has 0 aromatic rings. The first-order valence-corrected chi connectivity index (χ1v) is 4.33. The number of hydrogen-bond acceptors (Lipinski definition) is 1. The van der Waals surface area contributed by atoms with Gasteiger partial charge >= 0.3 is 0 Å². The van der Waals surface area contributed by atoms with Gasteiger partial charge in [0.25, 0.3) is 0 Å². The maximum atomic E-state index is 9.50. The number of aliphatic hydroxyl groups excluding tert-OH is 1. The highest BCUT2D eigenvalue weighted by Gasteiger charge is 1.95. The lowest BCUT2D eigenvalue weighted by molar-refractivity contribution is 0.399. The van der Waals surface area contributed by atoms with Crippen LogP contribution in [0.3, 0.4) is 0 Å². The van der Waals surface area contributed by atoms with E-state index in [0.717, 1.165) is 7.11 Å². The molecule has 11 heavy (non-hydrogen) atoms. The van der Waals surface area contributed by atoms with Crippen molar-refractivity contribution < 1.29 is 9.50 Å². The number of rotatable bonds is 0. The van der Waals surface area contributed by atoms with Gasteiger partial charge in [0.05, 0.1) is 7.18 Å². The summed E-state index contributed by atoms with van der Waals surface area (Å²) >= 11 is 0. The summed E-state index contributed by atoms with van der Waals surface area (Å²) in [5, 5.41) is 7.00. The topological polar surface area (TPSA) is 20.2 Å². The maximum Gasteiger partial charge on any atom is 0.0785 e. The molecule has 0 unspecified atom stereocenters. The molecule has 0 aromatic heterocycles. The third-order valence-corrected chi connectivity index (χ3v) is 1.25. The van der Waals surface area contributed by atoms with E-state index in [4.69, 9.17) is 5.11 Å². The molecule has 1 nitrogen and oxygen atoms in total. The molecule has 0 spiro atoms. The Morgan fingerprint density at radius 3 is 0.909 bits per heavy atom. The molecule has 1 N–H and O–H groups in total. The highest BCUT2D eigenvalue weighted by Crippen LogP contribution is 2.15. The molecule has 1 fully saturated rings. The highest BCUT2D eigenvalue weighted by molar-refractivity contribution is 4.51. The summed E-state index contributed by atoms with van der Waals surface area (Å²) in [6.07, 6.45) is 7.50. The Bertz CT molecular complexity index is 21.1. The van der Waals surface area contributed by atoms with Gasteiger partial charge in [-0.05, 0) is 0 Å². The SMILES string of the molecule is C1CCCC1.CC.CF.CO. The molecule has 0 saturated heterocycles. The predicted molar refractivity (Wildman–Crippen MR) is 49.6 cm³/mol. The second-order valence-electron chi connectivity index (χ2n) is 1.77. The van der Waals surface area contributed by atoms with E-state index in [-0.39, 0.29) is 0 Å². The largest absolute Gasteiger partial charge is 0.400 e. The number of halogens is 1. The van der Waals surface area contributed by atoms with Gasteiger partial charge in [-0.3, -0.25) is 4.39 Å². The van der Waals surface area contributed by atoms with E-state index in [1.54, 1.807) is 0 Å². The van der Waals surface area contributed by atoms with Crippen LogP contribution in [-0.4, -0.2) is 19.4 Å². The van der Waals surface area contributed by atoms with Gasteiger partial charge in [-0.25, -0.2) is 0 Å². The minimum absolute atomic E-state index is 0.500. The van der Waals surface area contributed by atoms with Gasteiger partial charge in [-0.15, -0.1) is 0 Å². The zero-order chi connectivity index (χ0) is 9.54. The molecule has 1 saturated carbocycles. The van der Waals surface area contributed by atoms with Crippen LogP contribution in [-0.2, 0) is 0 Å². The number of hydrogen-bond donors (Lipinski definition) is 1. The molecule has 0 aliphatic heterocycles. The van der Waals surface area contributed by atoms with Crippen molar-refractivity contribution in [2.75, 3.05) is 14.3 Å². The van der Waals surface area contributed by atoms with Crippen molar-refractivity contribution in [2.24, 2.45) is 0 Å². The van der Waals surface area contributed by atoms with Crippen molar-refractivity contribution in [3.8, 4) is 0 Å². The van der Waals surface area contributed by atoms with Crippen LogP contribution >= 0.6 is 0 Å². The molecule has 0 atom stereocenters. The molecule has 0 aromatic carbocycles. The van der Waals surface area contributed by atoms with Crippen molar-refractivity contribution in [3.05, 3.63) is 0 Å². The van der Waals surface area contributed by atoms with E-state index < -0.39 is 0 Å². The van der Waals surface area contributed by atoms with Gasteiger partial charge in [-0.2, -0.15) is 0 Å². The zero-order valence-electron chi connectivity index (χ0n) is 8.36. The highest BCUT2D eigenvalue weighted by atomic mass is 19.1. The van der Waals surface area contributed by atoms with E-state index in [1.165, 1.54) is 32.1 Å². The average molecular weight is 166 g/mol. The molecule has 0 bridgehead atoms. The molecule has 1 aliphatic rings. The Morgan fingerprint density at radius 1 is 0.727 bits per heavy atom. The van der Waals surface area contributed by atoms with E-state index in [9.17, 15) is 4.39 Å². The summed E-state index contributed by atoms with van der Waals surface area (Å²) < 4.78 is 9.50. The Hall–Kier alpha value is -0.110. The van der Waals surface area contributed by atoms with Gasteiger partial charge in [0, 0.05) is 7.11 Å². The standard InChI is InChI=1S/C5H10.C2H6.CH3F.CH4O/c1-2-4-5-3-1;3*1-2/h1-5H2;1-2H3;1H3;2H,1H3. The second kappa shape index (κ2) is 32.7. The Balaban J connectivity index is -0.0000000933. The van der Waals surface area contributed by atoms with Crippen LogP contribution in [0.4, 0.5) is 4.39 Å². The fourth-order valence-corrected chi connectivity index (χ4v) is 0.884. The fourth-order valence-electron chi connectivity index (χ4n) is 0.884. The smallest absolute Gasteiger partial charge is 0.0785 e. The summed E-state index contributed by atoms with van der Waals surface area (Å²) in [5.41, 5.74) is 0. The third-order valence-electron chi connectivity index (χ3n) is 1.25. The molecule has 1 aliphatic carbocycles. The van der Waals surface area contributed by atoms with Crippen molar-refractivity contribution in [3.63, 3.8) is 0 Å². The van der Waals surface area contributed by atoms with Gasteiger partial charge in [0.15, 0.2) is 0 Å². The van der Waals surface area contributed by atoms with E-state index >= 15 is 0 Å². The Kier molecular flexibility index (Phi) is 50.8.